The molecule has 1 aromatic rings. The fourth-order valence-corrected chi connectivity index (χ4v) is 5.54. The Kier molecular flexibility index (Phi) is 2.75. The molecule has 110 valence electrons. The Morgan fingerprint density at radius 3 is 2.25 bits per heavy atom. The fourth-order valence-electron chi connectivity index (χ4n) is 5.54. The monoisotopic (exact) mass is 274 g/mol. The first-order valence-electron chi connectivity index (χ1n) is 8.21. The van der Waals surface area contributed by atoms with Crippen molar-refractivity contribution in [2.75, 3.05) is 6.54 Å². The lowest BCUT2D eigenvalue weighted by molar-refractivity contribution is -0.00942. The summed E-state index contributed by atoms with van der Waals surface area (Å²) >= 11 is 0. The van der Waals surface area contributed by atoms with Crippen molar-refractivity contribution in [3.05, 3.63) is 11.6 Å². The van der Waals surface area contributed by atoms with Crippen LogP contribution in [0.2, 0.25) is 0 Å². The number of aryl methyl sites for hydroxylation is 1. The Bertz CT molecular complexity index is 483. The Morgan fingerprint density at radius 2 is 1.75 bits per heavy atom. The molecule has 4 aliphatic carbocycles. The first-order chi connectivity index (χ1) is 9.59. The van der Waals surface area contributed by atoms with Crippen molar-refractivity contribution in [1.29, 1.82) is 0 Å². The van der Waals surface area contributed by atoms with E-state index in [9.17, 15) is 0 Å². The van der Waals surface area contributed by atoms with E-state index in [2.05, 4.69) is 6.92 Å². The maximum absolute atomic E-state index is 5.81. The van der Waals surface area contributed by atoms with Crippen molar-refractivity contribution in [3.63, 3.8) is 0 Å². The molecule has 20 heavy (non-hydrogen) atoms. The Balaban J connectivity index is 1.70. The van der Waals surface area contributed by atoms with Crippen molar-refractivity contribution < 1.29 is 0 Å². The highest BCUT2D eigenvalue weighted by atomic mass is 15.3. The highest BCUT2D eigenvalue weighted by Gasteiger charge is 2.53. The summed E-state index contributed by atoms with van der Waals surface area (Å²) in [6.07, 6.45) is 8.41. The predicted octanol–water partition coefficient (Wildman–Crippen LogP) is 2.35. The van der Waals surface area contributed by atoms with Crippen LogP contribution in [0.25, 0.3) is 0 Å². The second-order valence-electron chi connectivity index (χ2n) is 7.75. The summed E-state index contributed by atoms with van der Waals surface area (Å²) < 4.78 is 1.98. The summed E-state index contributed by atoms with van der Waals surface area (Å²) in [5, 5.41) is 4.82. The average Bonchev–Trinajstić information content (AvgIpc) is 2.79. The molecular formula is C16H26N4. The van der Waals surface area contributed by atoms with Crippen LogP contribution in [-0.4, -0.2) is 21.3 Å². The molecule has 0 saturated heterocycles. The van der Waals surface area contributed by atoms with Crippen LogP contribution in [0.5, 0.6) is 0 Å². The zero-order valence-electron chi connectivity index (χ0n) is 12.7. The van der Waals surface area contributed by atoms with E-state index in [0.717, 1.165) is 29.4 Å². The molecule has 2 N–H and O–H groups in total. The fraction of sp³-hybridized carbons (Fsp3) is 0.875. The van der Waals surface area contributed by atoms with Gasteiger partial charge in [0, 0.05) is 24.9 Å². The Hall–Kier alpha value is -0.900. The van der Waals surface area contributed by atoms with Crippen molar-refractivity contribution in [2.24, 2.45) is 30.5 Å². The highest BCUT2D eigenvalue weighted by molar-refractivity contribution is 5.18. The minimum absolute atomic E-state index is 0.301. The molecule has 4 bridgehead atoms. The SMILES string of the molecule is CC(CN)c1nc(C23CC4CC(CC(C4)C2)C3)nn1C. The largest absolute Gasteiger partial charge is 0.330 e. The van der Waals surface area contributed by atoms with E-state index in [4.69, 9.17) is 15.8 Å². The number of rotatable bonds is 3. The van der Waals surface area contributed by atoms with Crippen LogP contribution in [0, 0.1) is 17.8 Å². The van der Waals surface area contributed by atoms with Gasteiger partial charge in [0.25, 0.3) is 0 Å². The van der Waals surface area contributed by atoms with Gasteiger partial charge in [-0.25, -0.2) is 4.98 Å². The molecule has 0 spiro atoms. The standard InChI is InChI=1S/C16H26N4/c1-10(9-17)14-18-15(19-20(14)2)16-6-11-3-12(7-16)5-13(4-11)8-16/h10-13H,3-9,17H2,1-2H3. The second-order valence-corrected chi connectivity index (χ2v) is 7.75. The minimum Gasteiger partial charge on any atom is -0.330 e. The molecule has 4 heteroatoms. The van der Waals surface area contributed by atoms with Gasteiger partial charge in [0.05, 0.1) is 0 Å². The molecule has 0 aliphatic heterocycles. The summed E-state index contributed by atoms with van der Waals surface area (Å²) in [6.45, 7) is 2.79. The summed E-state index contributed by atoms with van der Waals surface area (Å²) in [6, 6.07) is 0. The van der Waals surface area contributed by atoms with E-state index in [-0.39, 0.29) is 0 Å². The van der Waals surface area contributed by atoms with Crippen LogP contribution >= 0.6 is 0 Å². The van der Waals surface area contributed by atoms with Crippen LogP contribution in [0.15, 0.2) is 0 Å². The lowest BCUT2D eigenvalue weighted by Gasteiger charge is -2.55. The molecule has 4 saturated carbocycles. The highest BCUT2D eigenvalue weighted by Crippen LogP contribution is 2.60. The van der Waals surface area contributed by atoms with E-state index in [1.54, 1.807) is 0 Å². The first kappa shape index (κ1) is 12.8. The molecule has 0 aromatic carbocycles. The third kappa shape index (κ3) is 1.77. The summed E-state index contributed by atoms with van der Waals surface area (Å²) in [5.74, 6) is 5.34. The van der Waals surface area contributed by atoms with Crippen LogP contribution in [0.3, 0.4) is 0 Å². The van der Waals surface area contributed by atoms with Crippen molar-refractivity contribution in [3.8, 4) is 0 Å². The van der Waals surface area contributed by atoms with Gasteiger partial charge in [-0.15, -0.1) is 0 Å². The molecule has 1 atom stereocenters. The second kappa shape index (κ2) is 4.30. The van der Waals surface area contributed by atoms with E-state index >= 15 is 0 Å². The van der Waals surface area contributed by atoms with Crippen molar-refractivity contribution in [1.82, 2.24) is 14.8 Å². The lowest BCUT2D eigenvalue weighted by Crippen LogP contribution is -2.49. The number of nitrogens with two attached hydrogens (primary N) is 1. The number of aromatic nitrogens is 3. The third-order valence-electron chi connectivity index (χ3n) is 6.10. The third-order valence-corrected chi connectivity index (χ3v) is 6.10. The van der Waals surface area contributed by atoms with E-state index in [1.807, 2.05) is 11.7 Å². The molecular weight excluding hydrogens is 248 g/mol. The predicted molar refractivity (Wildman–Crippen MR) is 78.3 cm³/mol. The van der Waals surface area contributed by atoms with Gasteiger partial charge >= 0.3 is 0 Å². The number of hydrogen-bond donors (Lipinski definition) is 1. The van der Waals surface area contributed by atoms with Crippen LogP contribution in [0.4, 0.5) is 0 Å². The average molecular weight is 274 g/mol. The van der Waals surface area contributed by atoms with Gasteiger partial charge in [-0.05, 0) is 56.3 Å². The normalized spacial score (nSPS) is 40.2. The molecule has 1 heterocycles. The Labute approximate surface area is 121 Å². The molecule has 1 unspecified atom stereocenters. The van der Waals surface area contributed by atoms with Gasteiger partial charge < -0.3 is 5.73 Å². The minimum atomic E-state index is 0.301. The van der Waals surface area contributed by atoms with Gasteiger partial charge in [0.2, 0.25) is 0 Å². The van der Waals surface area contributed by atoms with E-state index in [0.29, 0.717) is 17.9 Å². The topological polar surface area (TPSA) is 56.7 Å². The van der Waals surface area contributed by atoms with Crippen molar-refractivity contribution >= 4 is 0 Å². The first-order valence-corrected chi connectivity index (χ1v) is 8.21. The lowest BCUT2D eigenvalue weighted by atomic mass is 9.49. The van der Waals surface area contributed by atoms with E-state index in [1.165, 1.54) is 38.5 Å². The van der Waals surface area contributed by atoms with Gasteiger partial charge in [-0.2, -0.15) is 5.10 Å². The number of hydrogen-bond acceptors (Lipinski definition) is 3. The Morgan fingerprint density at radius 1 is 1.20 bits per heavy atom. The molecule has 1 aromatic heterocycles. The molecule has 4 nitrogen and oxygen atoms in total. The van der Waals surface area contributed by atoms with Crippen LogP contribution < -0.4 is 5.73 Å². The smallest absolute Gasteiger partial charge is 0.157 e. The van der Waals surface area contributed by atoms with Gasteiger partial charge in [-0.3, -0.25) is 4.68 Å². The number of nitrogens with zero attached hydrogens (tertiary/aromatic N) is 3. The van der Waals surface area contributed by atoms with Crippen LogP contribution in [0.1, 0.15) is 63.0 Å². The summed E-state index contributed by atoms with van der Waals surface area (Å²) in [5.41, 5.74) is 6.11. The van der Waals surface area contributed by atoms with Crippen molar-refractivity contribution in [2.45, 2.75) is 56.8 Å². The zero-order valence-corrected chi connectivity index (χ0v) is 12.7. The van der Waals surface area contributed by atoms with E-state index < -0.39 is 0 Å². The quantitative estimate of drug-likeness (QED) is 0.920. The summed E-state index contributed by atoms with van der Waals surface area (Å²) in [7, 11) is 2.03. The zero-order chi connectivity index (χ0) is 13.9. The van der Waals surface area contributed by atoms with Crippen LogP contribution in [-0.2, 0) is 12.5 Å². The summed E-state index contributed by atoms with van der Waals surface area (Å²) in [4.78, 5) is 4.94. The van der Waals surface area contributed by atoms with Gasteiger partial charge in [0.15, 0.2) is 5.82 Å². The molecule has 4 aliphatic rings. The van der Waals surface area contributed by atoms with Gasteiger partial charge in [-0.1, -0.05) is 6.92 Å². The maximum atomic E-state index is 5.81. The molecule has 0 radical (unpaired) electrons. The molecule has 0 amide bonds. The maximum Gasteiger partial charge on any atom is 0.157 e. The molecule has 4 fully saturated rings. The molecule has 5 rings (SSSR count). The van der Waals surface area contributed by atoms with Gasteiger partial charge in [0.1, 0.15) is 5.82 Å².